The van der Waals surface area contributed by atoms with Crippen molar-refractivity contribution < 1.29 is 14.3 Å². The first-order valence-electron chi connectivity index (χ1n) is 11.7. The second-order valence-corrected chi connectivity index (χ2v) is 9.70. The van der Waals surface area contributed by atoms with Gasteiger partial charge in [-0.05, 0) is 55.8 Å². The second kappa shape index (κ2) is 10.2. The third-order valence-corrected chi connectivity index (χ3v) is 7.04. The average Bonchev–Trinajstić information content (AvgIpc) is 3.52. The van der Waals surface area contributed by atoms with Crippen LogP contribution >= 0.6 is 11.3 Å². The molecule has 2 N–H and O–H groups in total. The van der Waals surface area contributed by atoms with Gasteiger partial charge in [-0.3, -0.25) is 14.6 Å². The summed E-state index contributed by atoms with van der Waals surface area (Å²) in [6, 6.07) is 18.3. The fraction of sp³-hybridized carbons (Fsp3) is 0.143. The van der Waals surface area contributed by atoms with Crippen molar-refractivity contribution >= 4 is 44.7 Å². The average molecular weight is 512 g/mol. The number of anilines is 2. The van der Waals surface area contributed by atoms with Crippen LogP contribution < -0.4 is 15.4 Å². The lowest BCUT2D eigenvalue weighted by atomic mass is 10.1. The first-order valence-corrected chi connectivity index (χ1v) is 12.5. The number of benzene rings is 2. The molecule has 0 saturated carbocycles. The molecule has 8 nitrogen and oxygen atoms in total. The van der Waals surface area contributed by atoms with Crippen LogP contribution in [0.2, 0.25) is 0 Å². The van der Waals surface area contributed by atoms with Gasteiger partial charge in [0.1, 0.15) is 23.2 Å². The molecule has 3 heterocycles. The number of hydrogen-bond acceptors (Lipinski definition) is 6. The molecular weight excluding hydrogens is 486 g/mol. The summed E-state index contributed by atoms with van der Waals surface area (Å²) < 4.78 is 9.16. The normalized spacial score (nSPS) is 11.8. The summed E-state index contributed by atoms with van der Waals surface area (Å²) in [5.41, 5.74) is 2.91. The number of nitrogens with one attached hydrogen (secondary N) is 2. The van der Waals surface area contributed by atoms with Gasteiger partial charge in [0.25, 0.3) is 0 Å². The van der Waals surface area contributed by atoms with Crippen LogP contribution in [-0.4, -0.2) is 26.3 Å². The molecule has 1 atom stereocenters. The van der Waals surface area contributed by atoms with E-state index >= 15 is 0 Å². The monoisotopic (exact) mass is 511 g/mol. The van der Waals surface area contributed by atoms with Crippen LogP contribution in [-0.2, 0) is 16.6 Å². The highest BCUT2D eigenvalue weighted by atomic mass is 32.1. The van der Waals surface area contributed by atoms with Gasteiger partial charge in [0, 0.05) is 43.1 Å². The first-order chi connectivity index (χ1) is 17.9. The van der Waals surface area contributed by atoms with Crippen LogP contribution in [0.5, 0.6) is 11.5 Å². The van der Waals surface area contributed by atoms with Crippen LogP contribution in [0.3, 0.4) is 0 Å². The van der Waals surface area contributed by atoms with Gasteiger partial charge < -0.3 is 19.9 Å². The topological polar surface area (TPSA) is 98.1 Å². The fourth-order valence-electron chi connectivity index (χ4n) is 3.81. The molecule has 5 aromatic rings. The van der Waals surface area contributed by atoms with Gasteiger partial charge in [0.05, 0.1) is 15.1 Å². The van der Waals surface area contributed by atoms with Crippen molar-refractivity contribution in [1.29, 1.82) is 0 Å². The van der Waals surface area contributed by atoms with Gasteiger partial charge in [0.2, 0.25) is 11.8 Å². The predicted molar refractivity (Wildman–Crippen MR) is 146 cm³/mol. The van der Waals surface area contributed by atoms with Gasteiger partial charge in [-0.2, -0.15) is 0 Å². The van der Waals surface area contributed by atoms with E-state index in [1.165, 1.54) is 0 Å². The van der Waals surface area contributed by atoms with Crippen molar-refractivity contribution in [1.82, 2.24) is 14.5 Å². The SMILES string of the molecule is Cc1cc(NC(=O)C(C)C(=O)Nc2ccccc2)ccc1Oc1ccnc2cc(-c3nccn3C)sc12. The summed E-state index contributed by atoms with van der Waals surface area (Å²) in [5, 5.41) is 5.58. The lowest BCUT2D eigenvalue weighted by molar-refractivity contribution is -0.128. The smallest absolute Gasteiger partial charge is 0.236 e. The molecule has 0 fully saturated rings. The molecule has 0 spiro atoms. The van der Waals surface area contributed by atoms with E-state index in [0.717, 1.165) is 26.5 Å². The Balaban J connectivity index is 1.29. The molecule has 37 heavy (non-hydrogen) atoms. The number of thiophene rings is 1. The third-order valence-electron chi connectivity index (χ3n) is 5.91. The Morgan fingerprint density at radius 2 is 1.68 bits per heavy atom. The number of carbonyl (C=O) groups is 2. The van der Waals surface area contributed by atoms with E-state index in [9.17, 15) is 9.59 Å². The minimum atomic E-state index is -0.867. The third kappa shape index (κ3) is 5.22. The lowest BCUT2D eigenvalue weighted by Gasteiger charge is -2.14. The van der Waals surface area contributed by atoms with Gasteiger partial charge in [-0.15, -0.1) is 11.3 Å². The van der Waals surface area contributed by atoms with Gasteiger partial charge in [-0.1, -0.05) is 18.2 Å². The largest absolute Gasteiger partial charge is 0.455 e. The Hall–Kier alpha value is -4.50. The maximum atomic E-state index is 12.7. The van der Waals surface area contributed by atoms with E-state index in [1.54, 1.807) is 54.9 Å². The number of fused-ring (bicyclic) bond motifs is 1. The Labute approximate surface area is 218 Å². The van der Waals surface area contributed by atoms with Gasteiger partial charge >= 0.3 is 0 Å². The number of pyridine rings is 1. The van der Waals surface area contributed by atoms with Crippen molar-refractivity contribution in [2.75, 3.05) is 10.6 Å². The summed E-state index contributed by atoms with van der Waals surface area (Å²) in [4.78, 5) is 35.1. The van der Waals surface area contributed by atoms with E-state index in [2.05, 4.69) is 20.6 Å². The number of rotatable bonds is 7. The number of aromatic nitrogens is 3. The minimum absolute atomic E-state index is 0.372. The predicted octanol–water partition coefficient (Wildman–Crippen LogP) is 6.01. The molecule has 2 aromatic carbocycles. The van der Waals surface area contributed by atoms with Crippen LogP contribution in [0.15, 0.2) is 79.3 Å². The van der Waals surface area contributed by atoms with Crippen molar-refractivity contribution in [3.63, 3.8) is 0 Å². The summed E-state index contributed by atoms with van der Waals surface area (Å²) >= 11 is 1.57. The molecule has 1 unspecified atom stereocenters. The van der Waals surface area contributed by atoms with Crippen LogP contribution in [0.1, 0.15) is 12.5 Å². The van der Waals surface area contributed by atoms with Crippen molar-refractivity contribution in [3.05, 3.63) is 84.8 Å². The van der Waals surface area contributed by atoms with E-state index in [-0.39, 0.29) is 5.91 Å². The molecule has 5 rings (SSSR count). The zero-order valence-corrected chi connectivity index (χ0v) is 21.4. The van der Waals surface area contributed by atoms with E-state index in [4.69, 9.17) is 4.74 Å². The first kappa shape index (κ1) is 24.2. The summed E-state index contributed by atoms with van der Waals surface area (Å²) in [7, 11) is 1.96. The zero-order chi connectivity index (χ0) is 25.9. The van der Waals surface area contributed by atoms with Gasteiger partial charge in [-0.25, -0.2) is 4.98 Å². The fourth-order valence-corrected chi connectivity index (χ4v) is 4.92. The molecule has 0 aliphatic heterocycles. The number of para-hydroxylation sites is 1. The number of nitrogens with zero attached hydrogens (tertiary/aromatic N) is 3. The standard InChI is InChI=1S/C28H25N5O3S/c1-17-15-20(32-28(35)18(2)27(34)31-19-7-5-4-6-8-19)9-10-22(17)36-23-11-12-29-21-16-24(37-25(21)23)26-30-13-14-33(26)3/h4-16,18H,1-3H3,(H,31,34)(H,32,35). The molecule has 186 valence electrons. The molecule has 0 saturated heterocycles. The summed E-state index contributed by atoms with van der Waals surface area (Å²) in [5.74, 6) is 0.597. The van der Waals surface area contributed by atoms with E-state index < -0.39 is 11.8 Å². The van der Waals surface area contributed by atoms with Crippen LogP contribution in [0.4, 0.5) is 11.4 Å². The maximum Gasteiger partial charge on any atom is 0.236 e. The van der Waals surface area contributed by atoms with Crippen LogP contribution in [0.25, 0.3) is 20.9 Å². The van der Waals surface area contributed by atoms with Gasteiger partial charge in [0.15, 0.2) is 0 Å². The highest BCUT2D eigenvalue weighted by Gasteiger charge is 2.22. The Morgan fingerprint density at radius 1 is 0.919 bits per heavy atom. The van der Waals surface area contributed by atoms with Crippen molar-refractivity contribution in [3.8, 4) is 22.2 Å². The van der Waals surface area contributed by atoms with E-state index in [0.29, 0.717) is 22.9 Å². The quantitative estimate of drug-likeness (QED) is 0.261. The molecular formula is C28H25N5O3S. The molecule has 0 bridgehead atoms. The second-order valence-electron chi connectivity index (χ2n) is 8.64. The Bertz CT molecular complexity index is 1590. The number of aryl methyl sites for hydroxylation is 2. The highest BCUT2D eigenvalue weighted by molar-refractivity contribution is 7.22. The molecule has 9 heteroatoms. The van der Waals surface area contributed by atoms with E-state index in [1.807, 2.05) is 61.1 Å². The molecule has 3 aromatic heterocycles. The van der Waals surface area contributed by atoms with Crippen molar-refractivity contribution in [2.45, 2.75) is 13.8 Å². The maximum absolute atomic E-state index is 12.7. The molecule has 0 aliphatic rings. The molecule has 0 aliphatic carbocycles. The molecule has 0 radical (unpaired) electrons. The minimum Gasteiger partial charge on any atom is -0.455 e. The Morgan fingerprint density at radius 3 is 2.38 bits per heavy atom. The number of imidazole rings is 1. The lowest BCUT2D eigenvalue weighted by Crippen LogP contribution is -2.31. The van der Waals surface area contributed by atoms with Crippen LogP contribution in [0, 0.1) is 12.8 Å². The Kier molecular flexibility index (Phi) is 6.70. The zero-order valence-electron chi connectivity index (χ0n) is 20.6. The number of carbonyl (C=O) groups excluding carboxylic acids is 2. The van der Waals surface area contributed by atoms with Crippen molar-refractivity contribution in [2.24, 2.45) is 13.0 Å². The highest BCUT2D eigenvalue weighted by Crippen LogP contribution is 2.39. The number of ether oxygens (including phenoxy) is 1. The summed E-state index contributed by atoms with van der Waals surface area (Å²) in [6.45, 7) is 3.48. The number of amides is 2. The number of hydrogen-bond donors (Lipinski definition) is 2. The molecule has 2 amide bonds. The summed E-state index contributed by atoms with van der Waals surface area (Å²) in [6.07, 6.45) is 5.40.